The molecule has 1 nitrogen and oxygen atoms in total. The summed E-state index contributed by atoms with van der Waals surface area (Å²) < 4.78 is 0.854. The third kappa shape index (κ3) is 2.86. The highest BCUT2D eigenvalue weighted by Gasteiger charge is 2.12. The average Bonchev–Trinajstić information content (AvgIpc) is 2.87. The summed E-state index contributed by atoms with van der Waals surface area (Å²) in [4.78, 5) is 0. The van der Waals surface area contributed by atoms with Crippen molar-refractivity contribution >= 4 is 34.3 Å². The lowest BCUT2D eigenvalue weighted by molar-refractivity contribution is 0.496. The summed E-state index contributed by atoms with van der Waals surface area (Å²) in [5.74, 6) is 0. The quantitative estimate of drug-likeness (QED) is 0.836. The normalized spacial score (nSPS) is 14.9. The highest BCUT2D eigenvalue weighted by Crippen LogP contribution is 2.26. The zero-order valence-electron chi connectivity index (χ0n) is 9.24. The smallest absolute Gasteiger partial charge is 0.0931 e. The molecule has 0 aromatic carbocycles. The zero-order chi connectivity index (χ0) is 11.5. The molecule has 2 unspecified atom stereocenters. The Labute approximate surface area is 109 Å². The Hall–Kier alpha value is -0.350. The third-order valence-electron chi connectivity index (χ3n) is 2.63. The van der Waals surface area contributed by atoms with Crippen molar-refractivity contribution in [3.05, 3.63) is 43.7 Å². The first kappa shape index (κ1) is 12.1. The summed E-state index contributed by atoms with van der Waals surface area (Å²) in [7, 11) is 0. The van der Waals surface area contributed by atoms with E-state index in [1.54, 1.807) is 22.7 Å². The zero-order valence-corrected chi connectivity index (χ0v) is 11.6. The van der Waals surface area contributed by atoms with Crippen molar-refractivity contribution in [2.24, 2.45) is 0 Å². The van der Waals surface area contributed by atoms with Crippen molar-refractivity contribution in [2.75, 3.05) is 0 Å². The second-order valence-electron chi connectivity index (χ2n) is 3.85. The van der Waals surface area contributed by atoms with Gasteiger partial charge >= 0.3 is 0 Å². The van der Waals surface area contributed by atoms with Gasteiger partial charge < -0.3 is 5.32 Å². The van der Waals surface area contributed by atoms with Gasteiger partial charge in [0.25, 0.3) is 0 Å². The topological polar surface area (TPSA) is 12.0 Å². The van der Waals surface area contributed by atoms with Crippen LogP contribution >= 0.6 is 34.3 Å². The second-order valence-corrected chi connectivity index (χ2v) is 6.17. The Morgan fingerprint density at radius 1 is 1.19 bits per heavy atom. The van der Waals surface area contributed by atoms with Gasteiger partial charge in [0.2, 0.25) is 0 Å². The minimum absolute atomic E-state index is 0.332. The van der Waals surface area contributed by atoms with Gasteiger partial charge in [-0.1, -0.05) is 11.6 Å². The molecule has 0 radical (unpaired) electrons. The summed E-state index contributed by atoms with van der Waals surface area (Å²) in [6.07, 6.45) is 0. The molecule has 2 atom stereocenters. The van der Waals surface area contributed by atoms with Gasteiger partial charge in [0, 0.05) is 12.1 Å². The molecule has 0 saturated heterocycles. The maximum Gasteiger partial charge on any atom is 0.0931 e. The standard InChI is InChI=1S/C12H14ClNS2/c1-8(10-3-4-15-6-10)14-9(2)11-5-12(13)16-7-11/h3-9,14H,1-2H3. The largest absolute Gasteiger partial charge is 0.304 e. The molecular weight excluding hydrogens is 258 g/mol. The fourth-order valence-electron chi connectivity index (χ4n) is 1.64. The fourth-order valence-corrected chi connectivity index (χ4v) is 3.38. The molecule has 2 rings (SSSR count). The van der Waals surface area contributed by atoms with Crippen molar-refractivity contribution in [3.63, 3.8) is 0 Å². The van der Waals surface area contributed by atoms with E-state index in [0.717, 1.165) is 4.34 Å². The first-order chi connectivity index (χ1) is 7.66. The molecule has 86 valence electrons. The van der Waals surface area contributed by atoms with Crippen molar-refractivity contribution in [3.8, 4) is 0 Å². The second kappa shape index (κ2) is 5.32. The van der Waals surface area contributed by atoms with E-state index >= 15 is 0 Å². The van der Waals surface area contributed by atoms with Crippen LogP contribution in [0.4, 0.5) is 0 Å². The predicted molar refractivity (Wildman–Crippen MR) is 73.6 cm³/mol. The van der Waals surface area contributed by atoms with E-state index < -0.39 is 0 Å². The Morgan fingerprint density at radius 3 is 2.50 bits per heavy atom. The number of rotatable bonds is 4. The van der Waals surface area contributed by atoms with Crippen LogP contribution in [-0.2, 0) is 0 Å². The first-order valence-corrected chi connectivity index (χ1v) is 7.39. The van der Waals surface area contributed by atoms with E-state index in [1.807, 2.05) is 6.07 Å². The van der Waals surface area contributed by atoms with Gasteiger partial charge in [0.05, 0.1) is 4.34 Å². The fraction of sp³-hybridized carbons (Fsp3) is 0.333. The molecule has 2 aromatic heterocycles. The van der Waals surface area contributed by atoms with Crippen molar-refractivity contribution in [1.29, 1.82) is 0 Å². The van der Waals surface area contributed by atoms with Crippen LogP contribution in [0.25, 0.3) is 0 Å². The van der Waals surface area contributed by atoms with Crippen LogP contribution in [0.15, 0.2) is 28.3 Å². The Bertz CT molecular complexity index is 436. The Kier molecular flexibility index (Phi) is 4.03. The van der Waals surface area contributed by atoms with Gasteiger partial charge in [-0.3, -0.25) is 0 Å². The Morgan fingerprint density at radius 2 is 1.94 bits per heavy atom. The van der Waals surface area contributed by atoms with Crippen molar-refractivity contribution in [1.82, 2.24) is 5.32 Å². The highest BCUT2D eigenvalue weighted by molar-refractivity contribution is 7.14. The van der Waals surface area contributed by atoms with E-state index in [-0.39, 0.29) is 0 Å². The van der Waals surface area contributed by atoms with Gasteiger partial charge in [-0.25, -0.2) is 0 Å². The van der Waals surface area contributed by atoms with Gasteiger partial charge in [-0.05, 0) is 53.2 Å². The number of nitrogens with one attached hydrogen (secondary N) is 1. The van der Waals surface area contributed by atoms with Crippen LogP contribution in [0.2, 0.25) is 4.34 Å². The van der Waals surface area contributed by atoms with Crippen LogP contribution in [0, 0.1) is 0 Å². The summed E-state index contributed by atoms with van der Waals surface area (Å²) in [5, 5.41) is 9.97. The summed E-state index contributed by atoms with van der Waals surface area (Å²) in [5.41, 5.74) is 2.61. The maximum atomic E-state index is 5.93. The molecule has 0 fully saturated rings. The number of hydrogen-bond acceptors (Lipinski definition) is 3. The summed E-state index contributed by atoms with van der Waals surface area (Å²) >= 11 is 9.25. The van der Waals surface area contributed by atoms with E-state index in [4.69, 9.17) is 11.6 Å². The monoisotopic (exact) mass is 271 g/mol. The van der Waals surface area contributed by atoms with Crippen molar-refractivity contribution < 1.29 is 0 Å². The first-order valence-electron chi connectivity index (χ1n) is 5.19. The SMILES string of the molecule is CC(NC(C)c1csc(Cl)c1)c1ccsc1. The summed E-state index contributed by atoms with van der Waals surface area (Å²) in [6, 6.07) is 4.90. The van der Waals surface area contributed by atoms with Gasteiger partial charge in [-0.15, -0.1) is 11.3 Å². The molecule has 2 aromatic rings. The van der Waals surface area contributed by atoms with Crippen molar-refractivity contribution in [2.45, 2.75) is 25.9 Å². The average molecular weight is 272 g/mol. The van der Waals surface area contributed by atoms with Crippen LogP contribution < -0.4 is 5.32 Å². The minimum atomic E-state index is 0.332. The molecule has 0 aliphatic heterocycles. The lowest BCUT2D eigenvalue weighted by Crippen LogP contribution is -2.21. The minimum Gasteiger partial charge on any atom is -0.304 e. The van der Waals surface area contributed by atoms with E-state index in [1.165, 1.54) is 11.1 Å². The molecular formula is C12H14ClNS2. The van der Waals surface area contributed by atoms with Gasteiger partial charge in [-0.2, -0.15) is 11.3 Å². The maximum absolute atomic E-state index is 5.93. The Balaban J connectivity index is 2.00. The highest BCUT2D eigenvalue weighted by atomic mass is 35.5. The number of hydrogen-bond donors (Lipinski definition) is 1. The number of halogens is 1. The van der Waals surface area contributed by atoms with E-state index in [2.05, 4.69) is 41.4 Å². The lowest BCUT2D eigenvalue weighted by atomic mass is 10.1. The predicted octanol–water partition coefficient (Wildman–Crippen LogP) is 4.87. The molecule has 0 aliphatic rings. The molecule has 0 spiro atoms. The molecule has 0 saturated carbocycles. The number of thiophene rings is 2. The van der Waals surface area contributed by atoms with Gasteiger partial charge in [0.1, 0.15) is 0 Å². The summed E-state index contributed by atoms with van der Waals surface area (Å²) in [6.45, 7) is 4.35. The van der Waals surface area contributed by atoms with Crippen LogP contribution in [0.1, 0.15) is 37.1 Å². The van der Waals surface area contributed by atoms with Crippen LogP contribution in [0.5, 0.6) is 0 Å². The molecule has 0 bridgehead atoms. The third-order valence-corrected chi connectivity index (χ3v) is 4.44. The van der Waals surface area contributed by atoms with Crippen LogP contribution in [-0.4, -0.2) is 0 Å². The molecule has 0 aliphatic carbocycles. The molecule has 4 heteroatoms. The molecule has 2 heterocycles. The van der Waals surface area contributed by atoms with Crippen LogP contribution in [0.3, 0.4) is 0 Å². The molecule has 16 heavy (non-hydrogen) atoms. The lowest BCUT2D eigenvalue weighted by Gasteiger charge is -2.18. The molecule has 1 N–H and O–H groups in total. The van der Waals surface area contributed by atoms with E-state index in [9.17, 15) is 0 Å². The van der Waals surface area contributed by atoms with E-state index in [0.29, 0.717) is 12.1 Å². The van der Waals surface area contributed by atoms with Gasteiger partial charge in [0.15, 0.2) is 0 Å². The molecule has 0 amide bonds.